The molecule has 3 heteroatoms. The number of hydrogen-bond acceptors (Lipinski definition) is 3. The maximum Gasteiger partial charge on any atom is 0.0113 e. The highest BCUT2D eigenvalue weighted by Crippen LogP contribution is 2.18. The molecule has 2 fully saturated rings. The summed E-state index contributed by atoms with van der Waals surface area (Å²) in [5, 5.41) is 3.46. The molecule has 2 heterocycles. The molecule has 0 radical (unpaired) electrons. The van der Waals surface area contributed by atoms with Crippen LogP contribution in [-0.4, -0.2) is 62.2 Å². The summed E-state index contributed by atoms with van der Waals surface area (Å²) < 4.78 is 0. The van der Waals surface area contributed by atoms with Crippen molar-refractivity contribution in [1.29, 1.82) is 0 Å². The SMILES string of the molecule is CC(C1CCNC1)N1CCN(C)CC1. The largest absolute Gasteiger partial charge is 0.316 e. The summed E-state index contributed by atoms with van der Waals surface area (Å²) in [5.41, 5.74) is 0. The lowest BCUT2D eigenvalue weighted by molar-refractivity contribution is 0.0936. The second kappa shape index (κ2) is 4.60. The van der Waals surface area contributed by atoms with Gasteiger partial charge in [-0.25, -0.2) is 0 Å². The van der Waals surface area contributed by atoms with E-state index in [1.54, 1.807) is 0 Å². The van der Waals surface area contributed by atoms with Crippen LogP contribution in [0, 0.1) is 5.92 Å². The van der Waals surface area contributed by atoms with Crippen molar-refractivity contribution in [3.8, 4) is 0 Å². The first-order valence-corrected chi connectivity index (χ1v) is 5.90. The van der Waals surface area contributed by atoms with Crippen molar-refractivity contribution in [3.63, 3.8) is 0 Å². The highest BCUT2D eigenvalue weighted by Gasteiger charge is 2.27. The van der Waals surface area contributed by atoms with E-state index in [1.165, 1.54) is 45.7 Å². The zero-order valence-corrected chi connectivity index (χ0v) is 9.50. The van der Waals surface area contributed by atoms with E-state index in [1.807, 2.05) is 0 Å². The van der Waals surface area contributed by atoms with Gasteiger partial charge in [-0.2, -0.15) is 0 Å². The maximum absolute atomic E-state index is 3.46. The predicted octanol–water partition coefficient (Wildman–Crippen LogP) is 0.232. The highest BCUT2D eigenvalue weighted by atomic mass is 15.3. The Hall–Kier alpha value is -0.120. The van der Waals surface area contributed by atoms with Crippen molar-refractivity contribution in [3.05, 3.63) is 0 Å². The zero-order valence-electron chi connectivity index (χ0n) is 9.50. The molecule has 0 bridgehead atoms. The lowest BCUT2D eigenvalue weighted by Crippen LogP contribution is -2.50. The molecule has 2 atom stereocenters. The van der Waals surface area contributed by atoms with Crippen LogP contribution < -0.4 is 5.32 Å². The van der Waals surface area contributed by atoms with Crippen LogP contribution in [0.4, 0.5) is 0 Å². The van der Waals surface area contributed by atoms with Gasteiger partial charge in [0.15, 0.2) is 0 Å². The van der Waals surface area contributed by atoms with Crippen LogP contribution in [0.1, 0.15) is 13.3 Å². The van der Waals surface area contributed by atoms with E-state index in [4.69, 9.17) is 0 Å². The second-order valence-corrected chi connectivity index (χ2v) is 4.83. The van der Waals surface area contributed by atoms with Gasteiger partial charge in [0.1, 0.15) is 0 Å². The third kappa shape index (κ3) is 2.27. The number of rotatable bonds is 2. The van der Waals surface area contributed by atoms with E-state index in [0.717, 1.165) is 12.0 Å². The second-order valence-electron chi connectivity index (χ2n) is 4.83. The van der Waals surface area contributed by atoms with Crippen molar-refractivity contribution in [2.75, 3.05) is 46.3 Å². The van der Waals surface area contributed by atoms with Gasteiger partial charge >= 0.3 is 0 Å². The Kier molecular flexibility index (Phi) is 3.42. The Morgan fingerprint density at radius 3 is 2.50 bits per heavy atom. The molecule has 0 saturated carbocycles. The molecule has 2 aliphatic rings. The van der Waals surface area contributed by atoms with Gasteiger partial charge in [-0.1, -0.05) is 0 Å². The third-order valence-electron chi connectivity index (χ3n) is 3.89. The predicted molar refractivity (Wildman–Crippen MR) is 59.5 cm³/mol. The van der Waals surface area contributed by atoms with Gasteiger partial charge in [0, 0.05) is 32.2 Å². The molecule has 2 rings (SSSR count). The standard InChI is InChI=1S/C11H23N3/c1-10(11-3-4-12-9-11)14-7-5-13(2)6-8-14/h10-12H,3-9H2,1-2H3. The normalized spacial score (nSPS) is 33.4. The molecule has 14 heavy (non-hydrogen) atoms. The molecule has 2 aliphatic heterocycles. The molecular weight excluding hydrogens is 174 g/mol. The van der Waals surface area contributed by atoms with Crippen LogP contribution in [0.3, 0.4) is 0 Å². The summed E-state index contributed by atoms with van der Waals surface area (Å²) in [6.45, 7) is 9.86. The van der Waals surface area contributed by atoms with E-state index in [9.17, 15) is 0 Å². The molecule has 0 aromatic rings. The van der Waals surface area contributed by atoms with E-state index < -0.39 is 0 Å². The molecule has 0 spiro atoms. The molecule has 2 unspecified atom stereocenters. The first-order valence-electron chi connectivity index (χ1n) is 5.90. The molecular formula is C11H23N3. The minimum absolute atomic E-state index is 0.777. The van der Waals surface area contributed by atoms with Crippen LogP contribution in [0.25, 0.3) is 0 Å². The number of piperazine rings is 1. The van der Waals surface area contributed by atoms with Gasteiger partial charge in [0.2, 0.25) is 0 Å². The lowest BCUT2D eigenvalue weighted by Gasteiger charge is -2.38. The van der Waals surface area contributed by atoms with Crippen LogP contribution in [0.2, 0.25) is 0 Å². The molecule has 3 nitrogen and oxygen atoms in total. The van der Waals surface area contributed by atoms with E-state index in [0.29, 0.717) is 0 Å². The topological polar surface area (TPSA) is 18.5 Å². The van der Waals surface area contributed by atoms with E-state index in [2.05, 4.69) is 29.1 Å². The molecule has 0 aliphatic carbocycles. The third-order valence-corrected chi connectivity index (χ3v) is 3.89. The fourth-order valence-electron chi connectivity index (χ4n) is 2.62. The Balaban J connectivity index is 1.82. The van der Waals surface area contributed by atoms with E-state index >= 15 is 0 Å². The Bertz CT molecular complexity index is 169. The fourth-order valence-corrected chi connectivity index (χ4v) is 2.62. The molecule has 0 amide bonds. The van der Waals surface area contributed by atoms with Crippen molar-refractivity contribution in [2.24, 2.45) is 5.92 Å². The van der Waals surface area contributed by atoms with Gasteiger partial charge in [-0.15, -0.1) is 0 Å². The van der Waals surface area contributed by atoms with Crippen LogP contribution in [-0.2, 0) is 0 Å². The highest BCUT2D eigenvalue weighted by molar-refractivity contribution is 4.84. The van der Waals surface area contributed by atoms with Crippen molar-refractivity contribution in [1.82, 2.24) is 15.1 Å². The summed E-state index contributed by atoms with van der Waals surface area (Å²) in [5.74, 6) is 0.887. The monoisotopic (exact) mass is 197 g/mol. The van der Waals surface area contributed by atoms with Gasteiger partial charge in [-0.05, 0) is 39.4 Å². The smallest absolute Gasteiger partial charge is 0.0113 e. The van der Waals surface area contributed by atoms with Crippen molar-refractivity contribution >= 4 is 0 Å². The lowest BCUT2D eigenvalue weighted by atomic mass is 9.98. The summed E-state index contributed by atoms with van der Waals surface area (Å²) in [7, 11) is 2.22. The Labute approximate surface area is 87.4 Å². The molecule has 0 aromatic carbocycles. The summed E-state index contributed by atoms with van der Waals surface area (Å²) in [4.78, 5) is 5.09. The quantitative estimate of drug-likeness (QED) is 0.684. The minimum Gasteiger partial charge on any atom is -0.316 e. The number of likely N-dealkylation sites (N-methyl/N-ethyl adjacent to an activating group) is 1. The summed E-state index contributed by atoms with van der Waals surface area (Å²) in [6, 6.07) is 0.777. The molecule has 0 aromatic heterocycles. The summed E-state index contributed by atoms with van der Waals surface area (Å²) in [6.07, 6.45) is 1.37. The van der Waals surface area contributed by atoms with Crippen LogP contribution >= 0.6 is 0 Å². The molecule has 2 saturated heterocycles. The first-order chi connectivity index (χ1) is 6.77. The van der Waals surface area contributed by atoms with E-state index in [-0.39, 0.29) is 0 Å². The molecule has 82 valence electrons. The Morgan fingerprint density at radius 1 is 1.21 bits per heavy atom. The van der Waals surface area contributed by atoms with Gasteiger partial charge in [0.05, 0.1) is 0 Å². The maximum atomic E-state index is 3.46. The zero-order chi connectivity index (χ0) is 9.97. The first kappa shape index (κ1) is 10.4. The average molecular weight is 197 g/mol. The number of hydrogen-bond donors (Lipinski definition) is 1. The van der Waals surface area contributed by atoms with Crippen LogP contribution in [0.15, 0.2) is 0 Å². The van der Waals surface area contributed by atoms with Crippen molar-refractivity contribution < 1.29 is 0 Å². The van der Waals surface area contributed by atoms with Crippen molar-refractivity contribution in [2.45, 2.75) is 19.4 Å². The number of nitrogens with zero attached hydrogens (tertiary/aromatic N) is 2. The van der Waals surface area contributed by atoms with Gasteiger partial charge in [0.25, 0.3) is 0 Å². The fraction of sp³-hybridized carbons (Fsp3) is 1.00. The summed E-state index contributed by atoms with van der Waals surface area (Å²) >= 11 is 0. The van der Waals surface area contributed by atoms with Gasteiger partial charge in [-0.3, -0.25) is 4.90 Å². The van der Waals surface area contributed by atoms with Gasteiger partial charge < -0.3 is 10.2 Å². The van der Waals surface area contributed by atoms with Crippen LogP contribution in [0.5, 0.6) is 0 Å². The average Bonchev–Trinajstić information content (AvgIpc) is 2.71. The minimum atomic E-state index is 0.777. The Morgan fingerprint density at radius 2 is 1.93 bits per heavy atom. The molecule has 1 N–H and O–H groups in total. The number of nitrogens with one attached hydrogen (secondary N) is 1.